The lowest BCUT2D eigenvalue weighted by molar-refractivity contribution is 0.215. The van der Waals surface area contributed by atoms with E-state index in [1.54, 1.807) is 0 Å². The first-order valence-electron chi connectivity index (χ1n) is 7.34. The average molecular weight is 244 g/mol. The van der Waals surface area contributed by atoms with Crippen molar-refractivity contribution in [3.8, 4) is 0 Å². The van der Waals surface area contributed by atoms with Crippen LogP contribution in [0.25, 0.3) is 0 Å². The standard InChI is InChI=1S/C16H24N2/c1-14-6-2-3-7-15(14)12-17-9-5-11-18-10-4-8-16(18)13-17/h2-3,6-7,16H,4-5,8-13H2,1H3/t16-/m0/s1. The van der Waals surface area contributed by atoms with Gasteiger partial charge in [0, 0.05) is 19.1 Å². The highest BCUT2D eigenvalue weighted by molar-refractivity contribution is 5.25. The molecule has 0 amide bonds. The van der Waals surface area contributed by atoms with Crippen LogP contribution in [0.15, 0.2) is 24.3 Å². The van der Waals surface area contributed by atoms with Crippen LogP contribution in [0.3, 0.4) is 0 Å². The minimum Gasteiger partial charge on any atom is -0.299 e. The number of rotatable bonds is 2. The minimum atomic E-state index is 0.830. The van der Waals surface area contributed by atoms with E-state index in [0.29, 0.717) is 0 Å². The molecule has 18 heavy (non-hydrogen) atoms. The molecule has 0 N–H and O–H groups in total. The maximum Gasteiger partial charge on any atom is 0.0237 e. The lowest BCUT2D eigenvalue weighted by Crippen LogP contribution is -2.36. The third kappa shape index (κ3) is 2.60. The van der Waals surface area contributed by atoms with Gasteiger partial charge in [-0.15, -0.1) is 0 Å². The fourth-order valence-electron chi connectivity index (χ4n) is 3.46. The van der Waals surface area contributed by atoms with Gasteiger partial charge in [0.25, 0.3) is 0 Å². The topological polar surface area (TPSA) is 6.48 Å². The predicted molar refractivity (Wildman–Crippen MR) is 75.7 cm³/mol. The molecule has 2 heterocycles. The van der Waals surface area contributed by atoms with Crippen molar-refractivity contribution in [2.24, 2.45) is 0 Å². The molecule has 0 spiro atoms. The zero-order valence-electron chi connectivity index (χ0n) is 11.4. The van der Waals surface area contributed by atoms with E-state index in [9.17, 15) is 0 Å². The summed E-state index contributed by atoms with van der Waals surface area (Å²) in [6.45, 7) is 8.56. The van der Waals surface area contributed by atoms with E-state index >= 15 is 0 Å². The first kappa shape index (κ1) is 12.2. The SMILES string of the molecule is Cc1ccccc1CN1CCCN2CCC[C@H]2C1. The summed E-state index contributed by atoms with van der Waals surface area (Å²) in [5, 5.41) is 0. The van der Waals surface area contributed by atoms with Gasteiger partial charge < -0.3 is 0 Å². The summed E-state index contributed by atoms with van der Waals surface area (Å²) in [6.07, 6.45) is 4.15. The Labute approximate surface area is 111 Å². The Balaban J connectivity index is 1.67. The lowest BCUT2D eigenvalue weighted by atomic mass is 10.1. The van der Waals surface area contributed by atoms with E-state index in [4.69, 9.17) is 0 Å². The number of hydrogen-bond acceptors (Lipinski definition) is 2. The molecule has 0 aliphatic carbocycles. The van der Waals surface area contributed by atoms with Crippen molar-refractivity contribution in [1.82, 2.24) is 9.80 Å². The van der Waals surface area contributed by atoms with Crippen molar-refractivity contribution in [2.75, 3.05) is 26.2 Å². The summed E-state index contributed by atoms with van der Waals surface area (Å²) in [5.41, 5.74) is 2.94. The van der Waals surface area contributed by atoms with Crippen molar-refractivity contribution < 1.29 is 0 Å². The quantitative estimate of drug-likeness (QED) is 0.789. The van der Waals surface area contributed by atoms with Crippen molar-refractivity contribution in [3.05, 3.63) is 35.4 Å². The van der Waals surface area contributed by atoms with Crippen LogP contribution < -0.4 is 0 Å². The Morgan fingerprint density at radius 1 is 1.11 bits per heavy atom. The second-order valence-electron chi connectivity index (χ2n) is 5.85. The van der Waals surface area contributed by atoms with Gasteiger partial charge in [-0.3, -0.25) is 9.80 Å². The molecule has 2 nitrogen and oxygen atoms in total. The van der Waals surface area contributed by atoms with Crippen LogP contribution in [0.1, 0.15) is 30.4 Å². The predicted octanol–water partition coefficient (Wildman–Crippen LogP) is 2.67. The molecular formula is C16H24N2. The first-order chi connectivity index (χ1) is 8.83. The van der Waals surface area contributed by atoms with E-state index in [1.807, 2.05) is 0 Å². The molecule has 98 valence electrons. The Morgan fingerprint density at radius 3 is 2.83 bits per heavy atom. The molecule has 1 aromatic carbocycles. The van der Waals surface area contributed by atoms with Crippen LogP contribution in [0.5, 0.6) is 0 Å². The largest absolute Gasteiger partial charge is 0.299 e. The molecule has 3 rings (SSSR count). The zero-order valence-corrected chi connectivity index (χ0v) is 11.4. The van der Waals surface area contributed by atoms with Crippen LogP contribution >= 0.6 is 0 Å². The van der Waals surface area contributed by atoms with Gasteiger partial charge in [-0.25, -0.2) is 0 Å². The van der Waals surface area contributed by atoms with Gasteiger partial charge in [0.2, 0.25) is 0 Å². The smallest absolute Gasteiger partial charge is 0.0237 e. The van der Waals surface area contributed by atoms with Crippen LogP contribution in [0.4, 0.5) is 0 Å². The van der Waals surface area contributed by atoms with Crippen molar-refractivity contribution in [2.45, 2.75) is 38.8 Å². The third-order valence-electron chi connectivity index (χ3n) is 4.54. The van der Waals surface area contributed by atoms with E-state index in [2.05, 4.69) is 41.0 Å². The normalized spacial score (nSPS) is 25.9. The molecule has 0 unspecified atom stereocenters. The Kier molecular flexibility index (Phi) is 3.67. The summed E-state index contributed by atoms with van der Waals surface area (Å²) in [6, 6.07) is 9.65. The summed E-state index contributed by atoms with van der Waals surface area (Å²) in [5.74, 6) is 0. The van der Waals surface area contributed by atoms with Crippen molar-refractivity contribution in [3.63, 3.8) is 0 Å². The molecule has 0 aromatic heterocycles. The van der Waals surface area contributed by atoms with Crippen molar-refractivity contribution >= 4 is 0 Å². The summed E-state index contributed by atoms with van der Waals surface area (Å²) in [4.78, 5) is 5.37. The molecule has 2 heteroatoms. The first-order valence-corrected chi connectivity index (χ1v) is 7.34. The van der Waals surface area contributed by atoms with Gasteiger partial charge in [-0.1, -0.05) is 24.3 Å². The highest BCUT2D eigenvalue weighted by atomic mass is 15.3. The number of aryl methyl sites for hydroxylation is 1. The average Bonchev–Trinajstić information content (AvgIpc) is 2.71. The molecule has 0 bridgehead atoms. The summed E-state index contributed by atoms with van der Waals surface area (Å²) >= 11 is 0. The molecule has 2 aliphatic rings. The van der Waals surface area contributed by atoms with Crippen LogP contribution in [-0.4, -0.2) is 42.0 Å². The highest BCUT2D eigenvalue weighted by Crippen LogP contribution is 2.22. The second kappa shape index (κ2) is 5.41. The molecule has 2 aliphatic heterocycles. The number of fused-ring (bicyclic) bond motifs is 1. The molecule has 2 saturated heterocycles. The second-order valence-corrected chi connectivity index (χ2v) is 5.85. The van der Waals surface area contributed by atoms with Crippen LogP contribution in [-0.2, 0) is 6.54 Å². The van der Waals surface area contributed by atoms with Crippen LogP contribution in [0, 0.1) is 6.92 Å². The monoisotopic (exact) mass is 244 g/mol. The molecule has 1 atom stereocenters. The van der Waals surface area contributed by atoms with E-state index in [-0.39, 0.29) is 0 Å². The van der Waals surface area contributed by atoms with Crippen LogP contribution in [0.2, 0.25) is 0 Å². The maximum absolute atomic E-state index is 2.71. The van der Waals surface area contributed by atoms with Gasteiger partial charge in [0.05, 0.1) is 0 Å². The zero-order chi connectivity index (χ0) is 12.4. The van der Waals surface area contributed by atoms with E-state index in [0.717, 1.165) is 12.6 Å². The molecular weight excluding hydrogens is 220 g/mol. The lowest BCUT2D eigenvalue weighted by Gasteiger charge is -2.26. The Morgan fingerprint density at radius 2 is 1.94 bits per heavy atom. The number of nitrogens with zero attached hydrogens (tertiary/aromatic N) is 2. The maximum atomic E-state index is 2.71. The number of benzene rings is 1. The van der Waals surface area contributed by atoms with Gasteiger partial charge >= 0.3 is 0 Å². The Hall–Kier alpha value is -0.860. The Bertz CT molecular complexity index is 402. The summed E-state index contributed by atoms with van der Waals surface area (Å²) in [7, 11) is 0. The minimum absolute atomic E-state index is 0.830. The molecule has 0 saturated carbocycles. The number of hydrogen-bond donors (Lipinski definition) is 0. The third-order valence-corrected chi connectivity index (χ3v) is 4.54. The van der Waals surface area contributed by atoms with Crippen molar-refractivity contribution in [1.29, 1.82) is 0 Å². The van der Waals surface area contributed by atoms with Gasteiger partial charge in [-0.05, 0) is 56.9 Å². The van der Waals surface area contributed by atoms with Gasteiger partial charge in [0.15, 0.2) is 0 Å². The highest BCUT2D eigenvalue weighted by Gasteiger charge is 2.28. The van der Waals surface area contributed by atoms with E-state index in [1.165, 1.54) is 56.6 Å². The van der Waals surface area contributed by atoms with Gasteiger partial charge in [0.1, 0.15) is 0 Å². The van der Waals surface area contributed by atoms with Gasteiger partial charge in [-0.2, -0.15) is 0 Å². The summed E-state index contributed by atoms with van der Waals surface area (Å²) < 4.78 is 0. The molecule has 1 aromatic rings. The fraction of sp³-hybridized carbons (Fsp3) is 0.625. The molecule has 0 radical (unpaired) electrons. The fourth-order valence-corrected chi connectivity index (χ4v) is 3.46. The molecule has 2 fully saturated rings. The van der Waals surface area contributed by atoms with E-state index < -0.39 is 0 Å².